The predicted octanol–water partition coefficient (Wildman–Crippen LogP) is 4.35. The van der Waals surface area contributed by atoms with Crippen LogP contribution in [-0.4, -0.2) is 30.8 Å². The first kappa shape index (κ1) is 17.6. The van der Waals surface area contributed by atoms with Crippen LogP contribution in [0.1, 0.15) is 52.9 Å². The summed E-state index contributed by atoms with van der Waals surface area (Å²) in [4.78, 5) is 14.5. The molecule has 4 heteroatoms. The van der Waals surface area contributed by atoms with Crippen molar-refractivity contribution in [3.05, 3.63) is 30.3 Å². The molecule has 2 rings (SSSR count). The first-order valence-corrected chi connectivity index (χ1v) is 8.79. The minimum absolute atomic E-state index is 0.151. The third kappa shape index (κ3) is 5.77. The van der Waals surface area contributed by atoms with Gasteiger partial charge in [-0.05, 0) is 51.7 Å². The number of anilines is 1. The molecule has 0 bridgehead atoms. The van der Waals surface area contributed by atoms with Crippen LogP contribution in [0.2, 0.25) is 0 Å². The van der Waals surface area contributed by atoms with E-state index < -0.39 is 5.60 Å². The van der Waals surface area contributed by atoms with E-state index in [2.05, 4.69) is 41.4 Å². The third-order valence-electron chi connectivity index (χ3n) is 4.37. The minimum Gasteiger partial charge on any atom is -0.444 e. The number of rotatable bonds is 6. The summed E-state index contributed by atoms with van der Waals surface area (Å²) in [6.07, 6.45) is 4.89. The molecular formula is C19H30N2O2. The zero-order valence-electron chi connectivity index (χ0n) is 14.7. The van der Waals surface area contributed by atoms with Gasteiger partial charge in [0, 0.05) is 24.8 Å². The lowest BCUT2D eigenvalue weighted by Gasteiger charge is -2.35. The fourth-order valence-corrected chi connectivity index (χ4v) is 3.07. The van der Waals surface area contributed by atoms with E-state index in [-0.39, 0.29) is 12.1 Å². The summed E-state index contributed by atoms with van der Waals surface area (Å²) in [5.74, 6) is 0. The lowest BCUT2D eigenvalue weighted by molar-refractivity contribution is 0.0290. The molecular weight excluding hydrogens is 288 g/mol. The zero-order valence-corrected chi connectivity index (χ0v) is 14.7. The minimum atomic E-state index is -0.395. The van der Waals surface area contributed by atoms with Crippen LogP contribution in [0.3, 0.4) is 0 Å². The Morgan fingerprint density at radius 2 is 2.09 bits per heavy atom. The van der Waals surface area contributed by atoms with Gasteiger partial charge in [0.25, 0.3) is 0 Å². The summed E-state index contributed by atoms with van der Waals surface area (Å²) in [5, 5.41) is 3.05. The molecule has 0 spiro atoms. The summed E-state index contributed by atoms with van der Waals surface area (Å²) in [6, 6.07) is 10.5. The summed E-state index contributed by atoms with van der Waals surface area (Å²) in [7, 11) is 0. The number of para-hydroxylation sites is 1. The largest absolute Gasteiger partial charge is 0.444 e. The first-order valence-electron chi connectivity index (χ1n) is 8.79. The van der Waals surface area contributed by atoms with Gasteiger partial charge >= 0.3 is 6.09 Å². The standard InChI is InChI=1S/C19H30N2O2/c1-4-5-13-19(2,3)23-18(22)20-16-10-9-14-21(15-16)17-11-7-6-8-12-17/h6-8,11-12,16H,4-5,9-10,13-15H2,1-3H3,(H,20,22)/t16-/m1/s1. The van der Waals surface area contributed by atoms with Crippen LogP contribution in [0.25, 0.3) is 0 Å². The topological polar surface area (TPSA) is 41.6 Å². The van der Waals surface area contributed by atoms with E-state index in [0.717, 1.165) is 45.2 Å². The number of carbonyl (C=O) groups is 1. The first-order chi connectivity index (χ1) is 11.0. The van der Waals surface area contributed by atoms with E-state index in [4.69, 9.17) is 4.74 Å². The summed E-state index contributed by atoms with van der Waals surface area (Å²) in [5.41, 5.74) is 0.823. The van der Waals surface area contributed by atoms with Gasteiger partial charge in [-0.15, -0.1) is 0 Å². The van der Waals surface area contributed by atoms with Crippen LogP contribution < -0.4 is 10.2 Å². The molecule has 1 aromatic carbocycles. The van der Waals surface area contributed by atoms with E-state index in [1.807, 2.05) is 19.9 Å². The number of amides is 1. The summed E-state index contributed by atoms with van der Waals surface area (Å²) < 4.78 is 5.62. The Hall–Kier alpha value is -1.71. The predicted molar refractivity (Wildman–Crippen MR) is 94.9 cm³/mol. The van der Waals surface area contributed by atoms with E-state index in [1.54, 1.807) is 0 Å². The highest BCUT2D eigenvalue weighted by Crippen LogP contribution is 2.21. The molecule has 23 heavy (non-hydrogen) atoms. The van der Waals surface area contributed by atoms with Crippen molar-refractivity contribution in [2.45, 2.75) is 64.5 Å². The van der Waals surface area contributed by atoms with Crippen molar-refractivity contribution in [2.75, 3.05) is 18.0 Å². The number of benzene rings is 1. The van der Waals surface area contributed by atoms with Crippen LogP contribution in [0.15, 0.2) is 30.3 Å². The van der Waals surface area contributed by atoms with Gasteiger partial charge in [-0.25, -0.2) is 4.79 Å². The molecule has 1 heterocycles. The lowest BCUT2D eigenvalue weighted by atomic mass is 10.0. The van der Waals surface area contributed by atoms with E-state index in [9.17, 15) is 4.79 Å². The van der Waals surface area contributed by atoms with E-state index in [0.29, 0.717) is 0 Å². The Morgan fingerprint density at radius 3 is 2.78 bits per heavy atom. The van der Waals surface area contributed by atoms with Crippen LogP contribution in [-0.2, 0) is 4.74 Å². The van der Waals surface area contributed by atoms with Gasteiger partial charge in [0.2, 0.25) is 0 Å². The van der Waals surface area contributed by atoms with Crippen molar-refractivity contribution >= 4 is 11.8 Å². The Balaban J connectivity index is 1.84. The molecule has 1 fully saturated rings. The Labute approximate surface area is 140 Å². The fourth-order valence-electron chi connectivity index (χ4n) is 3.07. The Kier molecular flexibility index (Phi) is 6.31. The van der Waals surface area contributed by atoms with Crippen molar-refractivity contribution in [2.24, 2.45) is 0 Å². The quantitative estimate of drug-likeness (QED) is 0.848. The number of hydrogen-bond donors (Lipinski definition) is 1. The van der Waals surface area contributed by atoms with Crippen molar-refractivity contribution in [3.63, 3.8) is 0 Å². The van der Waals surface area contributed by atoms with Gasteiger partial charge < -0.3 is 15.0 Å². The average Bonchev–Trinajstić information content (AvgIpc) is 2.53. The number of nitrogens with one attached hydrogen (secondary N) is 1. The molecule has 1 aliphatic rings. The molecule has 0 saturated carbocycles. The molecule has 0 radical (unpaired) electrons. The molecule has 1 amide bonds. The van der Waals surface area contributed by atoms with E-state index in [1.165, 1.54) is 5.69 Å². The van der Waals surface area contributed by atoms with Crippen LogP contribution in [0, 0.1) is 0 Å². The highest BCUT2D eigenvalue weighted by molar-refractivity contribution is 5.68. The molecule has 0 unspecified atom stereocenters. The second-order valence-electron chi connectivity index (χ2n) is 7.02. The van der Waals surface area contributed by atoms with Gasteiger partial charge in [0.1, 0.15) is 5.60 Å². The number of carbonyl (C=O) groups excluding carboxylic acids is 1. The van der Waals surface area contributed by atoms with Crippen LogP contribution in [0.5, 0.6) is 0 Å². The molecule has 0 aromatic heterocycles. The summed E-state index contributed by atoms with van der Waals surface area (Å²) in [6.45, 7) is 8.00. The molecule has 0 aliphatic carbocycles. The van der Waals surface area contributed by atoms with Gasteiger partial charge in [0.05, 0.1) is 0 Å². The fraction of sp³-hybridized carbons (Fsp3) is 0.632. The third-order valence-corrected chi connectivity index (χ3v) is 4.37. The maximum atomic E-state index is 12.2. The van der Waals surface area contributed by atoms with Crippen molar-refractivity contribution in [3.8, 4) is 0 Å². The second kappa shape index (κ2) is 8.23. The normalized spacial score (nSPS) is 18.6. The zero-order chi connectivity index (χ0) is 16.7. The number of unbranched alkanes of at least 4 members (excludes halogenated alkanes) is 1. The van der Waals surface area contributed by atoms with Crippen LogP contribution >= 0.6 is 0 Å². The number of hydrogen-bond acceptors (Lipinski definition) is 3. The molecule has 1 aliphatic heterocycles. The Morgan fingerprint density at radius 1 is 1.35 bits per heavy atom. The number of ether oxygens (including phenoxy) is 1. The lowest BCUT2D eigenvalue weighted by Crippen LogP contribution is -2.49. The van der Waals surface area contributed by atoms with Crippen LogP contribution in [0.4, 0.5) is 10.5 Å². The molecule has 1 atom stereocenters. The van der Waals surface area contributed by atoms with Crippen molar-refractivity contribution in [1.29, 1.82) is 0 Å². The van der Waals surface area contributed by atoms with Crippen molar-refractivity contribution in [1.82, 2.24) is 5.32 Å². The average molecular weight is 318 g/mol. The van der Waals surface area contributed by atoms with E-state index >= 15 is 0 Å². The number of piperidine rings is 1. The summed E-state index contributed by atoms with van der Waals surface area (Å²) >= 11 is 0. The highest BCUT2D eigenvalue weighted by Gasteiger charge is 2.26. The molecule has 1 aromatic rings. The SMILES string of the molecule is CCCCC(C)(C)OC(=O)N[C@@H]1CCCN(c2ccccc2)C1. The smallest absolute Gasteiger partial charge is 0.407 e. The van der Waals surface area contributed by atoms with Gasteiger partial charge in [-0.1, -0.05) is 31.5 Å². The maximum Gasteiger partial charge on any atom is 0.407 e. The monoisotopic (exact) mass is 318 g/mol. The maximum absolute atomic E-state index is 12.2. The van der Waals surface area contributed by atoms with Gasteiger partial charge in [-0.2, -0.15) is 0 Å². The highest BCUT2D eigenvalue weighted by atomic mass is 16.6. The Bertz CT molecular complexity index is 487. The molecule has 128 valence electrons. The van der Waals surface area contributed by atoms with Crippen molar-refractivity contribution < 1.29 is 9.53 Å². The molecule has 1 N–H and O–H groups in total. The van der Waals surface area contributed by atoms with Gasteiger partial charge in [-0.3, -0.25) is 0 Å². The number of alkyl carbamates (subject to hydrolysis) is 1. The van der Waals surface area contributed by atoms with Gasteiger partial charge in [0.15, 0.2) is 0 Å². The molecule has 1 saturated heterocycles. The molecule has 4 nitrogen and oxygen atoms in total. The number of nitrogens with zero attached hydrogens (tertiary/aromatic N) is 1. The second-order valence-corrected chi connectivity index (χ2v) is 7.02.